The number of pyridine rings is 2. The molecule has 378 valence electrons. The summed E-state index contributed by atoms with van der Waals surface area (Å²) in [5.74, 6) is 1.02. The van der Waals surface area contributed by atoms with Gasteiger partial charge in [0.15, 0.2) is 24.8 Å². The van der Waals surface area contributed by atoms with Crippen molar-refractivity contribution in [3.05, 3.63) is 61.2 Å². The van der Waals surface area contributed by atoms with Gasteiger partial charge in [-0.3, -0.25) is 4.79 Å². The third-order valence-corrected chi connectivity index (χ3v) is 17.4. The smallest absolute Gasteiger partial charge is 0.372 e. The Morgan fingerprint density at radius 3 is 1.75 bits per heavy atom. The van der Waals surface area contributed by atoms with Crippen molar-refractivity contribution in [1.82, 2.24) is 5.32 Å². The zero-order valence-corrected chi connectivity index (χ0v) is 43.4. The van der Waals surface area contributed by atoms with Crippen LogP contribution in [0.5, 0.6) is 0 Å². The highest BCUT2D eigenvalue weighted by molar-refractivity contribution is 5.75. The maximum Gasteiger partial charge on any atom is 0.372 e. The number of halogens is 2. The molecule has 0 bridgehead atoms. The highest BCUT2D eigenvalue weighted by atomic mass is 35.5. The van der Waals surface area contributed by atoms with Gasteiger partial charge in [-0.1, -0.05) is 136 Å². The van der Waals surface area contributed by atoms with Gasteiger partial charge >= 0.3 is 11.9 Å². The first-order valence-corrected chi connectivity index (χ1v) is 26.7. The molecular weight excluding hydrogens is 882 g/mol. The number of nitrogens with zero attached hydrogens (tertiary/aromatic N) is 2. The fourth-order valence-electron chi connectivity index (χ4n) is 13.7. The van der Waals surface area contributed by atoms with E-state index in [4.69, 9.17) is 9.47 Å². The minimum absolute atomic E-state index is 0. The Bertz CT molecular complexity index is 1740. The van der Waals surface area contributed by atoms with Gasteiger partial charge in [0.1, 0.15) is 12.2 Å². The minimum atomic E-state index is -0.474. The van der Waals surface area contributed by atoms with Crippen LogP contribution in [0.2, 0.25) is 0 Å². The number of carbonyl (C=O) groups excluding carboxylic acids is 3. The van der Waals surface area contributed by atoms with Crippen molar-refractivity contribution in [1.29, 1.82) is 0 Å². The standard InChI is InChI=1S/C56H88N3O6.2ClH/c1-5-6-7-8-9-10-11-12-13-14-15-16-17-18-19-22-33-57-51(61)30-27-43(2)46-28-29-47-54-48(40-50(60)56(46,47)4)55(3)32-31-45(64-52(62)41-58-34-23-20-24-35-58)38-44(55)39-49(54)65-53(63)42-59-36-25-21-26-37-59;;/h20-21,23-26,34-37,43-50,54,60H,5-19,22,27-33,38-42H2,1-4H3;2*1H/q+1;;/p-1/t43-,44+,45-,46-,47+,48+,49-,50+,54+,55+,56-;;/m1../s1. The second kappa shape index (κ2) is 28.8. The van der Waals surface area contributed by atoms with Crippen molar-refractivity contribution < 1.29 is 62.9 Å². The maximum absolute atomic E-state index is 13.8. The van der Waals surface area contributed by atoms with E-state index >= 15 is 0 Å². The molecule has 2 aromatic rings. The molecule has 0 saturated heterocycles. The first-order valence-electron chi connectivity index (χ1n) is 26.7. The summed E-state index contributed by atoms with van der Waals surface area (Å²) in [5, 5.41) is 15.6. The van der Waals surface area contributed by atoms with Crippen molar-refractivity contribution in [2.75, 3.05) is 6.54 Å². The third kappa shape index (κ3) is 15.9. The van der Waals surface area contributed by atoms with E-state index < -0.39 is 6.10 Å². The number of hydrogen-bond acceptors (Lipinski definition) is 6. The minimum Gasteiger partial charge on any atom is -1.00 e. The number of amides is 1. The summed E-state index contributed by atoms with van der Waals surface area (Å²) in [7, 11) is 0. The van der Waals surface area contributed by atoms with E-state index in [1.54, 1.807) is 0 Å². The van der Waals surface area contributed by atoms with E-state index in [9.17, 15) is 19.5 Å². The lowest BCUT2D eigenvalue weighted by Crippen LogP contribution is -3.00. The van der Waals surface area contributed by atoms with E-state index in [2.05, 4.69) is 33.0 Å². The molecule has 1 amide bonds. The number of aromatic nitrogens is 2. The molecule has 67 heavy (non-hydrogen) atoms. The number of ether oxygens (including phenoxy) is 2. The van der Waals surface area contributed by atoms with Crippen LogP contribution in [0.1, 0.15) is 188 Å². The summed E-state index contributed by atoms with van der Waals surface area (Å²) in [6.45, 7) is 10.4. The van der Waals surface area contributed by atoms with Gasteiger partial charge in [-0.05, 0) is 98.2 Å². The van der Waals surface area contributed by atoms with Crippen LogP contribution < -0.4 is 39.3 Å². The highest BCUT2D eigenvalue weighted by Gasteiger charge is 2.66. The predicted octanol–water partition coefficient (Wildman–Crippen LogP) is 4.83. The van der Waals surface area contributed by atoms with Crippen molar-refractivity contribution in [2.24, 2.45) is 46.3 Å². The predicted molar refractivity (Wildman–Crippen MR) is 256 cm³/mol. The van der Waals surface area contributed by atoms with Crippen LogP contribution in [-0.4, -0.2) is 47.8 Å². The van der Waals surface area contributed by atoms with Crippen LogP contribution in [0.15, 0.2) is 61.2 Å². The van der Waals surface area contributed by atoms with Crippen molar-refractivity contribution >= 4 is 17.8 Å². The topological polar surface area (TPSA) is 110 Å². The van der Waals surface area contributed by atoms with Crippen LogP contribution in [0, 0.1) is 46.3 Å². The van der Waals surface area contributed by atoms with Gasteiger partial charge in [-0.15, -0.1) is 0 Å². The Morgan fingerprint density at radius 2 is 1.19 bits per heavy atom. The Kier molecular flexibility index (Phi) is 24.4. The molecule has 11 heteroatoms. The van der Waals surface area contributed by atoms with Crippen LogP contribution in [0.4, 0.5) is 0 Å². The van der Waals surface area contributed by atoms with Crippen molar-refractivity contribution in [2.45, 2.75) is 220 Å². The van der Waals surface area contributed by atoms with E-state index in [1.165, 1.54) is 96.3 Å². The quantitative estimate of drug-likeness (QED) is 0.0756. The lowest BCUT2D eigenvalue weighted by atomic mass is 9.43. The van der Waals surface area contributed by atoms with Gasteiger partial charge in [0.2, 0.25) is 19.0 Å². The second-order valence-corrected chi connectivity index (χ2v) is 21.7. The van der Waals surface area contributed by atoms with Crippen molar-refractivity contribution in [3.8, 4) is 0 Å². The molecule has 11 atom stereocenters. The Morgan fingerprint density at radius 1 is 0.672 bits per heavy atom. The number of aliphatic hydroxyl groups is 1. The zero-order valence-electron chi connectivity index (χ0n) is 41.9. The van der Waals surface area contributed by atoms with E-state index in [1.807, 2.05) is 70.3 Å². The Hall–Kier alpha value is -2.75. The molecule has 4 saturated carbocycles. The average molecular weight is 971 g/mol. The van der Waals surface area contributed by atoms with Gasteiger partial charge < -0.3 is 44.7 Å². The zero-order chi connectivity index (χ0) is 46.1. The van der Waals surface area contributed by atoms with Gasteiger partial charge in [-0.2, -0.15) is 9.13 Å². The monoisotopic (exact) mass is 970 g/mol. The summed E-state index contributed by atoms with van der Waals surface area (Å²) in [4.78, 5) is 40.0. The number of rotatable bonds is 27. The van der Waals surface area contributed by atoms with E-state index in [-0.39, 0.29) is 108 Å². The highest BCUT2D eigenvalue weighted by Crippen LogP contribution is 2.69. The summed E-state index contributed by atoms with van der Waals surface area (Å²) < 4.78 is 16.5. The Labute approximate surface area is 417 Å². The number of aliphatic hydroxyl groups excluding tert-OH is 1. The van der Waals surface area contributed by atoms with Crippen LogP contribution >= 0.6 is 0 Å². The summed E-state index contributed by atoms with van der Waals surface area (Å²) in [6, 6.07) is 11.5. The van der Waals surface area contributed by atoms with Gasteiger partial charge in [0, 0.05) is 43.1 Å². The molecule has 4 aliphatic carbocycles. The summed E-state index contributed by atoms with van der Waals surface area (Å²) >= 11 is 0. The third-order valence-electron chi connectivity index (χ3n) is 17.4. The molecule has 4 aliphatic rings. The number of esters is 2. The molecule has 0 aliphatic heterocycles. The summed E-state index contributed by atoms with van der Waals surface area (Å²) in [5.41, 5.74) is -0.385. The number of unbranched alkanes of at least 4 members (excludes halogenated alkanes) is 15. The van der Waals surface area contributed by atoms with Gasteiger partial charge in [0.05, 0.1) is 6.10 Å². The van der Waals surface area contributed by atoms with E-state index in [0.29, 0.717) is 18.8 Å². The number of carbonyl (C=O) groups is 3. The fourth-order valence-corrected chi connectivity index (χ4v) is 13.7. The first kappa shape index (κ1) is 56.8. The molecule has 6 rings (SSSR count). The normalized spacial score (nSPS) is 28.9. The maximum atomic E-state index is 13.8. The molecule has 0 radical (unpaired) electrons. The number of hydrogen-bond donors (Lipinski definition) is 2. The van der Waals surface area contributed by atoms with Gasteiger partial charge in [0.25, 0.3) is 0 Å². The molecule has 0 spiro atoms. The first-order chi connectivity index (χ1) is 31.5. The molecule has 2 aromatic heterocycles. The number of nitrogens with one attached hydrogen (secondary N) is 1. The average Bonchev–Trinajstić information content (AvgIpc) is 3.66. The fraction of sp³-hybridized carbons (Fsp3) is 0.768. The van der Waals surface area contributed by atoms with Crippen LogP contribution in [-0.2, 0) is 36.9 Å². The van der Waals surface area contributed by atoms with Crippen LogP contribution in [0.3, 0.4) is 0 Å². The molecule has 2 N–H and O–H groups in total. The molecule has 9 nitrogen and oxygen atoms in total. The Balaban J connectivity index is 0.00000490. The molecule has 0 aromatic carbocycles. The lowest BCUT2D eigenvalue weighted by molar-refractivity contribution is -0.686. The molecule has 0 unspecified atom stereocenters. The lowest BCUT2D eigenvalue weighted by Gasteiger charge is -2.63. The summed E-state index contributed by atoms with van der Waals surface area (Å²) in [6.07, 6.45) is 35.4. The van der Waals surface area contributed by atoms with Crippen LogP contribution in [0.25, 0.3) is 0 Å². The SMILES string of the molecule is CCCCCCCCCCCCCCCCCCNC(=O)CC[C@@H](C)[C@H]1CC[C@H]2[C@@H]3[C@H](OC(=O)C[n+]4ccccc4)C[C@@H]4C[C@H](OC(=O)C[n+]5ccccc5)CC[C@]4(C)[C@H]3C[C@H](O)[C@]12C.[Cl-].[Cl-]. The molecule has 2 heterocycles. The number of fused-ring (bicyclic) bond motifs is 5. The van der Waals surface area contributed by atoms with Gasteiger partial charge in [-0.25, -0.2) is 9.59 Å². The van der Waals surface area contributed by atoms with E-state index in [0.717, 1.165) is 57.9 Å². The molecule has 4 fully saturated rings. The molecular formula is C56H89Cl2N3O6. The largest absolute Gasteiger partial charge is 1.00 e. The second-order valence-electron chi connectivity index (χ2n) is 21.7. The van der Waals surface area contributed by atoms with Crippen molar-refractivity contribution in [3.63, 3.8) is 0 Å².